The minimum atomic E-state index is -0.125. The zero-order valence-corrected chi connectivity index (χ0v) is 8.23. The van der Waals surface area contributed by atoms with E-state index in [9.17, 15) is 4.79 Å². The summed E-state index contributed by atoms with van der Waals surface area (Å²) < 4.78 is -0.125. The van der Waals surface area contributed by atoms with Crippen LogP contribution in [0.15, 0.2) is 17.1 Å². The minimum Gasteiger partial charge on any atom is -0.309 e. The maximum Gasteiger partial charge on any atom is 0.250 e. The van der Waals surface area contributed by atoms with Crippen LogP contribution in [0.4, 0.5) is 0 Å². The highest BCUT2D eigenvalue weighted by Gasteiger charge is 2.20. The molecular weight excluding hydrogens is 172 g/mol. The quantitative estimate of drug-likeness (QED) is 0.755. The maximum atomic E-state index is 10.9. The van der Waals surface area contributed by atoms with Crippen LogP contribution < -0.4 is 5.56 Å². The Balaban J connectivity index is 3.11. The number of hydrogen-bond acceptors (Lipinski definition) is 3. The van der Waals surface area contributed by atoms with Crippen LogP contribution in [0.2, 0.25) is 0 Å². The van der Waals surface area contributed by atoms with Gasteiger partial charge in [-0.2, -0.15) is 11.8 Å². The summed E-state index contributed by atoms with van der Waals surface area (Å²) in [5.74, 6) is 0.725. The first kappa shape index (κ1) is 9.32. The van der Waals surface area contributed by atoms with E-state index in [-0.39, 0.29) is 10.3 Å². The van der Waals surface area contributed by atoms with Crippen LogP contribution in [-0.4, -0.2) is 16.2 Å². The van der Waals surface area contributed by atoms with Crippen LogP contribution in [0.25, 0.3) is 0 Å². The highest BCUT2D eigenvalue weighted by Crippen LogP contribution is 2.29. The average Bonchev–Trinajstić information content (AvgIpc) is 2.05. The Morgan fingerprint density at radius 1 is 1.58 bits per heavy atom. The van der Waals surface area contributed by atoms with Gasteiger partial charge in [0, 0.05) is 12.3 Å². The molecule has 1 aromatic heterocycles. The van der Waals surface area contributed by atoms with Gasteiger partial charge in [-0.3, -0.25) is 4.79 Å². The summed E-state index contributed by atoms with van der Waals surface area (Å²) in [5, 5.41) is 0. The molecule has 0 atom stereocenters. The van der Waals surface area contributed by atoms with Gasteiger partial charge in [0.05, 0.1) is 4.75 Å². The molecule has 0 aliphatic rings. The molecule has 66 valence electrons. The van der Waals surface area contributed by atoms with Gasteiger partial charge in [0.2, 0.25) is 0 Å². The molecule has 3 nitrogen and oxygen atoms in total. The van der Waals surface area contributed by atoms with Gasteiger partial charge in [-0.05, 0) is 20.1 Å². The third-order valence-electron chi connectivity index (χ3n) is 1.75. The van der Waals surface area contributed by atoms with E-state index in [1.54, 1.807) is 11.8 Å². The number of hydrogen-bond donors (Lipinski definition) is 1. The van der Waals surface area contributed by atoms with Crippen molar-refractivity contribution in [3.8, 4) is 0 Å². The lowest BCUT2D eigenvalue weighted by Crippen LogP contribution is -2.20. The zero-order chi connectivity index (χ0) is 9.19. The van der Waals surface area contributed by atoms with Gasteiger partial charge in [0.15, 0.2) is 0 Å². The third kappa shape index (κ3) is 1.88. The van der Waals surface area contributed by atoms with Gasteiger partial charge in [-0.1, -0.05) is 0 Å². The van der Waals surface area contributed by atoms with Crippen LogP contribution >= 0.6 is 11.8 Å². The molecule has 0 radical (unpaired) electrons. The van der Waals surface area contributed by atoms with E-state index in [1.165, 1.54) is 12.3 Å². The normalized spacial score (nSPS) is 11.6. The van der Waals surface area contributed by atoms with E-state index in [0.717, 1.165) is 5.82 Å². The van der Waals surface area contributed by atoms with Gasteiger partial charge < -0.3 is 4.98 Å². The summed E-state index contributed by atoms with van der Waals surface area (Å²) in [4.78, 5) is 17.8. The van der Waals surface area contributed by atoms with Crippen molar-refractivity contribution in [2.45, 2.75) is 18.6 Å². The van der Waals surface area contributed by atoms with Gasteiger partial charge >= 0.3 is 0 Å². The second kappa shape index (κ2) is 3.31. The van der Waals surface area contributed by atoms with Crippen molar-refractivity contribution in [2.24, 2.45) is 0 Å². The van der Waals surface area contributed by atoms with Crippen molar-refractivity contribution in [2.75, 3.05) is 6.26 Å². The van der Waals surface area contributed by atoms with Gasteiger partial charge in [0.1, 0.15) is 5.82 Å². The summed E-state index contributed by atoms with van der Waals surface area (Å²) in [6.45, 7) is 4.05. The zero-order valence-electron chi connectivity index (χ0n) is 7.42. The standard InChI is InChI=1S/C8H12N2OS/c1-8(2,12-3)7-9-5-4-6(11)10-7/h4-5H,1-3H3,(H,9,10,11). The molecule has 0 fully saturated rings. The van der Waals surface area contributed by atoms with Crippen molar-refractivity contribution >= 4 is 11.8 Å². The van der Waals surface area contributed by atoms with Crippen molar-refractivity contribution in [3.63, 3.8) is 0 Å². The topological polar surface area (TPSA) is 45.8 Å². The Bertz CT molecular complexity index is 319. The number of aromatic nitrogens is 2. The summed E-state index contributed by atoms with van der Waals surface area (Å²) in [6, 6.07) is 1.42. The van der Waals surface area contributed by atoms with E-state index in [4.69, 9.17) is 0 Å². The summed E-state index contributed by atoms with van der Waals surface area (Å²) >= 11 is 1.66. The summed E-state index contributed by atoms with van der Waals surface area (Å²) in [7, 11) is 0. The lowest BCUT2D eigenvalue weighted by atomic mass is 10.2. The van der Waals surface area contributed by atoms with Crippen molar-refractivity contribution < 1.29 is 0 Å². The SMILES string of the molecule is CSC(C)(C)c1nccc(=O)[nH]1. The molecule has 0 bridgehead atoms. The van der Waals surface area contributed by atoms with Crippen molar-refractivity contribution in [3.05, 3.63) is 28.4 Å². The Kier molecular flexibility index (Phi) is 2.57. The van der Waals surface area contributed by atoms with E-state index in [1.807, 2.05) is 20.1 Å². The molecule has 4 heteroatoms. The molecular formula is C8H12N2OS. The van der Waals surface area contributed by atoms with E-state index in [0.29, 0.717) is 0 Å². The van der Waals surface area contributed by atoms with E-state index >= 15 is 0 Å². The first-order valence-electron chi connectivity index (χ1n) is 3.67. The van der Waals surface area contributed by atoms with Gasteiger partial charge in [-0.25, -0.2) is 4.98 Å². The molecule has 0 aliphatic carbocycles. The Hall–Kier alpha value is -0.770. The van der Waals surface area contributed by atoms with Crippen molar-refractivity contribution in [1.29, 1.82) is 0 Å². The number of H-pyrrole nitrogens is 1. The average molecular weight is 184 g/mol. The lowest BCUT2D eigenvalue weighted by Gasteiger charge is -2.19. The summed E-state index contributed by atoms with van der Waals surface area (Å²) in [6.07, 6.45) is 3.53. The predicted octanol–water partition coefficient (Wildman–Crippen LogP) is 1.37. The monoisotopic (exact) mass is 184 g/mol. The van der Waals surface area contributed by atoms with Crippen LogP contribution in [-0.2, 0) is 4.75 Å². The number of rotatable bonds is 2. The molecule has 0 unspecified atom stereocenters. The lowest BCUT2D eigenvalue weighted by molar-refractivity contribution is 0.703. The molecule has 12 heavy (non-hydrogen) atoms. The second-order valence-corrected chi connectivity index (χ2v) is 4.43. The molecule has 1 N–H and O–H groups in total. The highest BCUT2D eigenvalue weighted by atomic mass is 32.2. The fraction of sp³-hybridized carbons (Fsp3) is 0.500. The predicted molar refractivity (Wildman–Crippen MR) is 51.4 cm³/mol. The van der Waals surface area contributed by atoms with E-state index < -0.39 is 0 Å². The highest BCUT2D eigenvalue weighted by molar-refractivity contribution is 7.99. The molecule has 0 spiro atoms. The van der Waals surface area contributed by atoms with Crippen LogP contribution in [0.5, 0.6) is 0 Å². The van der Waals surface area contributed by atoms with Gasteiger partial charge in [-0.15, -0.1) is 0 Å². The molecule has 0 amide bonds. The Morgan fingerprint density at radius 3 is 2.75 bits per heavy atom. The van der Waals surface area contributed by atoms with Crippen molar-refractivity contribution in [1.82, 2.24) is 9.97 Å². The Morgan fingerprint density at radius 2 is 2.25 bits per heavy atom. The van der Waals surface area contributed by atoms with Crippen LogP contribution in [0, 0.1) is 0 Å². The molecule has 1 aromatic rings. The first-order chi connectivity index (χ1) is 5.56. The number of nitrogens with one attached hydrogen (secondary N) is 1. The second-order valence-electron chi connectivity index (χ2n) is 3.00. The third-order valence-corrected chi connectivity index (χ3v) is 2.97. The molecule has 0 aromatic carbocycles. The smallest absolute Gasteiger partial charge is 0.250 e. The molecule has 0 saturated heterocycles. The largest absolute Gasteiger partial charge is 0.309 e. The Labute approximate surface area is 75.6 Å². The summed E-state index contributed by atoms with van der Waals surface area (Å²) in [5.41, 5.74) is -0.0953. The van der Waals surface area contributed by atoms with Gasteiger partial charge in [0.25, 0.3) is 5.56 Å². The van der Waals surface area contributed by atoms with Crippen LogP contribution in [0.1, 0.15) is 19.7 Å². The number of nitrogens with zero attached hydrogens (tertiary/aromatic N) is 1. The number of aromatic amines is 1. The number of thioether (sulfide) groups is 1. The minimum absolute atomic E-state index is 0.0953. The van der Waals surface area contributed by atoms with Crippen LogP contribution in [0.3, 0.4) is 0 Å². The van der Waals surface area contributed by atoms with E-state index in [2.05, 4.69) is 9.97 Å². The molecule has 1 rings (SSSR count). The molecule has 0 saturated carbocycles. The fourth-order valence-corrected chi connectivity index (χ4v) is 1.07. The molecule has 0 aliphatic heterocycles. The fourth-order valence-electron chi connectivity index (χ4n) is 0.773. The first-order valence-corrected chi connectivity index (χ1v) is 4.90. The maximum absolute atomic E-state index is 10.9. The molecule has 1 heterocycles.